The van der Waals surface area contributed by atoms with Gasteiger partial charge in [-0.05, 0) is 39.9 Å². The number of likely N-dealkylation sites (N-methyl/N-ethyl adjacent to an activating group) is 1. The van der Waals surface area contributed by atoms with Crippen molar-refractivity contribution in [2.75, 3.05) is 46.4 Å². The highest BCUT2D eigenvalue weighted by Crippen LogP contribution is 1.84. The van der Waals surface area contributed by atoms with Gasteiger partial charge in [0.1, 0.15) is 0 Å². The van der Waals surface area contributed by atoms with E-state index < -0.39 is 0 Å². The molecular weight excluding hydrogens is 176 g/mol. The second-order valence-corrected chi connectivity index (χ2v) is 3.60. The van der Waals surface area contributed by atoms with Gasteiger partial charge in [0.15, 0.2) is 0 Å². The van der Waals surface area contributed by atoms with Gasteiger partial charge in [-0.25, -0.2) is 0 Å². The number of hydrogen-bond donors (Lipinski definition) is 1. The molecule has 0 aliphatic heterocycles. The van der Waals surface area contributed by atoms with Crippen molar-refractivity contribution in [3.8, 4) is 0 Å². The van der Waals surface area contributed by atoms with E-state index in [0.29, 0.717) is 0 Å². The summed E-state index contributed by atoms with van der Waals surface area (Å²) in [5.74, 6) is 0. The number of ether oxygens (including phenoxy) is 1. The zero-order valence-corrected chi connectivity index (χ0v) is 10.0. The predicted molar refractivity (Wildman–Crippen MR) is 61.8 cm³/mol. The summed E-state index contributed by atoms with van der Waals surface area (Å²) in [6.07, 6.45) is 2.35. The van der Waals surface area contributed by atoms with Crippen LogP contribution in [0.15, 0.2) is 0 Å². The lowest BCUT2D eigenvalue weighted by Crippen LogP contribution is -2.30. The van der Waals surface area contributed by atoms with E-state index >= 15 is 0 Å². The molecule has 0 saturated heterocycles. The SMILES string of the molecule is CCCN(C)CCNCCCOCC. The molecule has 0 bridgehead atoms. The van der Waals surface area contributed by atoms with Crippen molar-refractivity contribution in [2.24, 2.45) is 0 Å². The monoisotopic (exact) mass is 202 g/mol. The van der Waals surface area contributed by atoms with Gasteiger partial charge in [0.05, 0.1) is 0 Å². The highest BCUT2D eigenvalue weighted by Gasteiger charge is 1.94. The first kappa shape index (κ1) is 13.9. The van der Waals surface area contributed by atoms with Crippen molar-refractivity contribution in [1.82, 2.24) is 10.2 Å². The summed E-state index contributed by atoms with van der Waals surface area (Å²) in [6, 6.07) is 0. The van der Waals surface area contributed by atoms with E-state index in [1.54, 1.807) is 0 Å². The maximum atomic E-state index is 5.25. The Morgan fingerprint density at radius 1 is 1.14 bits per heavy atom. The Labute approximate surface area is 88.8 Å². The molecule has 0 aromatic carbocycles. The first-order valence-electron chi connectivity index (χ1n) is 5.78. The van der Waals surface area contributed by atoms with Gasteiger partial charge in [-0.2, -0.15) is 0 Å². The molecule has 0 aromatic rings. The number of nitrogens with one attached hydrogen (secondary N) is 1. The van der Waals surface area contributed by atoms with E-state index in [1.807, 2.05) is 6.92 Å². The van der Waals surface area contributed by atoms with Crippen LogP contribution in [-0.2, 0) is 4.74 Å². The Bertz CT molecular complexity index is 109. The lowest BCUT2D eigenvalue weighted by atomic mass is 10.4. The van der Waals surface area contributed by atoms with Crippen molar-refractivity contribution >= 4 is 0 Å². The zero-order chi connectivity index (χ0) is 10.6. The minimum absolute atomic E-state index is 0.833. The molecule has 0 fully saturated rings. The molecule has 0 saturated carbocycles. The van der Waals surface area contributed by atoms with Crippen molar-refractivity contribution in [3.63, 3.8) is 0 Å². The van der Waals surface area contributed by atoms with Crippen LogP contribution in [0.4, 0.5) is 0 Å². The molecule has 86 valence electrons. The van der Waals surface area contributed by atoms with Gasteiger partial charge in [-0.3, -0.25) is 0 Å². The summed E-state index contributed by atoms with van der Waals surface area (Å²) in [4.78, 5) is 2.36. The predicted octanol–water partition coefficient (Wildman–Crippen LogP) is 1.34. The fraction of sp³-hybridized carbons (Fsp3) is 1.00. The highest BCUT2D eigenvalue weighted by atomic mass is 16.5. The van der Waals surface area contributed by atoms with Crippen LogP contribution in [0.1, 0.15) is 26.7 Å². The van der Waals surface area contributed by atoms with Crippen LogP contribution in [0, 0.1) is 0 Å². The Balaban J connectivity index is 2.98. The van der Waals surface area contributed by atoms with E-state index in [2.05, 4.69) is 24.2 Å². The second kappa shape index (κ2) is 11.0. The van der Waals surface area contributed by atoms with Crippen molar-refractivity contribution in [3.05, 3.63) is 0 Å². The maximum Gasteiger partial charge on any atom is 0.0477 e. The summed E-state index contributed by atoms with van der Waals surface area (Å²) in [5.41, 5.74) is 0. The highest BCUT2D eigenvalue weighted by molar-refractivity contribution is 4.53. The quantitative estimate of drug-likeness (QED) is 0.541. The summed E-state index contributed by atoms with van der Waals surface area (Å²) in [5, 5.41) is 3.41. The molecule has 0 rings (SSSR count). The van der Waals surface area contributed by atoms with Crippen molar-refractivity contribution in [1.29, 1.82) is 0 Å². The van der Waals surface area contributed by atoms with E-state index in [4.69, 9.17) is 4.74 Å². The molecule has 0 spiro atoms. The average Bonchev–Trinajstić information content (AvgIpc) is 2.17. The fourth-order valence-corrected chi connectivity index (χ4v) is 1.33. The van der Waals surface area contributed by atoms with Crippen molar-refractivity contribution in [2.45, 2.75) is 26.7 Å². The van der Waals surface area contributed by atoms with Crippen LogP contribution in [0.5, 0.6) is 0 Å². The molecule has 0 amide bonds. The lowest BCUT2D eigenvalue weighted by Gasteiger charge is -2.15. The average molecular weight is 202 g/mol. The summed E-state index contributed by atoms with van der Waals surface area (Å²) in [6.45, 7) is 10.5. The number of nitrogens with zero attached hydrogens (tertiary/aromatic N) is 1. The van der Waals surface area contributed by atoms with Gasteiger partial charge in [-0.15, -0.1) is 0 Å². The molecular formula is C11H26N2O. The molecule has 0 aliphatic carbocycles. The molecule has 0 heterocycles. The Morgan fingerprint density at radius 3 is 2.57 bits per heavy atom. The Hall–Kier alpha value is -0.120. The largest absolute Gasteiger partial charge is 0.382 e. The van der Waals surface area contributed by atoms with E-state index in [0.717, 1.165) is 39.3 Å². The van der Waals surface area contributed by atoms with Crippen LogP contribution in [-0.4, -0.2) is 51.3 Å². The standard InChI is InChI=1S/C11H26N2O/c1-4-9-13(3)10-8-12-7-6-11-14-5-2/h12H,4-11H2,1-3H3. The molecule has 0 radical (unpaired) electrons. The zero-order valence-electron chi connectivity index (χ0n) is 10.0. The second-order valence-electron chi connectivity index (χ2n) is 3.60. The Morgan fingerprint density at radius 2 is 1.93 bits per heavy atom. The normalized spacial score (nSPS) is 11.1. The maximum absolute atomic E-state index is 5.25. The number of hydrogen-bond acceptors (Lipinski definition) is 3. The van der Waals surface area contributed by atoms with Gasteiger partial charge in [-0.1, -0.05) is 6.92 Å². The summed E-state index contributed by atoms with van der Waals surface area (Å²) < 4.78 is 5.25. The van der Waals surface area contributed by atoms with Gasteiger partial charge in [0.25, 0.3) is 0 Å². The third-order valence-electron chi connectivity index (χ3n) is 2.12. The van der Waals surface area contributed by atoms with Gasteiger partial charge < -0.3 is 15.0 Å². The summed E-state index contributed by atoms with van der Waals surface area (Å²) in [7, 11) is 2.17. The van der Waals surface area contributed by atoms with E-state index in [9.17, 15) is 0 Å². The molecule has 3 nitrogen and oxygen atoms in total. The van der Waals surface area contributed by atoms with Crippen LogP contribution in [0.3, 0.4) is 0 Å². The molecule has 0 aromatic heterocycles. The van der Waals surface area contributed by atoms with Crippen LogP contribution >= 0.6 is 0 Å². The van der Waals surface area contributed by atoms with Crippen LogP contribution < -0.4 is 5.32 Å². The van der Waals surface area contributed by atoms with E-state index in [-0.39, 0.29) is 0 Å². The van der Waals surface area contributed by atoms with Crippen LogP contribution in [0.25, 0.3) is 0 Å². The van der Waals surface area contributed by atoms with Crippen molar-refractivity contribution < 1.29 is 4.74 Å². The molecule has 14 heavy (non-hydrogen) atoms. The Kier molecular flexibility index (Phi) is 10.9. The molecule has 0 atom stereocenters. The minimum Gasteiger partial charge on any atom is -0.382 e. The molecule has 1 N–H and O–H groups in total. The topological polar surface area (TPSA) is 24.5 Å². The fourth-order valence-electron chi connectivity index (χ4n) is 1.33. The van der Waals surface area contributed by atoms with Gasteiger partial charge >= 0.3 is 0 Å². The number of rotatable bonds is 10. The first-order valence-corrected chi connectivity index (χ1v) is 5.78. The van der Waals surface area contributed by atoms with Crippen LogP contribution in [0.2, 0.25) is 0 Å². The molecule has 3 heteroatoms. The third kappa shape index (κ3) is 9.96. The molecule has 0 unspecified atom stereocenters. The lowest BCUT2D eigenvalue weighted by molar-refractivity contribution is 0.144. The molecule has 0 aliphatic rings. The third-order valence-corrected chi connectivity index (χ3v) is 2.12. The minimum atomic E-state index is 0.833. The van der Waals surface area contributed by atoms with Gasteiger partial charge in [0, 0.05) is 26.3 Å². The summed E-state index contributed by atoms with van der Waals surface area (Å²) >= 11 is 0. The smallest absolute Gasteiger partial charge is 0.0477 e. The van der Waals surface area contributed by atoms with E-state index in [1.165, 1.54) is 13.0 Å². The van der Waals surface area contributed by atoms with Gasteiger partial charge in [0.2, 0.25) is 0 Å². The first-order chi connectivity index (χ1) is 6.81.